The van der Waals surface area contributed by atoms with E-state index in [1.807, 2.05) is 0 Å². The zero-order chi connectivity index (χ0) is 10.8. The van der Waals surface area contributed by atoms with Crippen molar-refractivity contribution in [3.8, 4) is 0 Å². The van der Waals surface area contributed by atoms with Gasteiger partial charge in [0.1, 0.15) is 0 Å². The van der Waals surface area contributed by atoms with Crippen molar-refractivity contribution < 1.29 is 0 Å². The molecule has 0 aliphatic carbocycles. The molecule has 0 aliphatic heterocycles. The van der Waals surface area contributed by atoms with Crippen LogP contribution in [0.15, 0.2) is 24.3 Å². The molecule has 0 atom stereocenters. The molecule has 1 rings (SSSR count). The van der Waals surface area contributed by atoms with Gasteiger partial charge in [-0.15, -0.1) is 0 Å². The monoisotopic (exact) mass is 303 g/mol. The molecular weight excluding hydrogens is 285 g/mol. The average molecular weight is 303 g/mol. The van der Waals surface area contributed by atoms with Crippen LogP contribution in [0.4, 0.5) is 0 Å². The van der Waals surface area contributed by atoms with Crippen molar-refractivity contribution in [3.63, 3.8) is 0 Å². The summed E-state index contributed by atoms with van der Waals surface area (Å²) in [4.78, 5) is 2.27. The zero-order valence-electron chi connectivity index (χ0n) is 9.34. The van der Waals surface area contributed by atoms with E-state index in [4.69, 9.17) is 0 Å². The minimum Gasteiger partial charge on any atom is -0.304 e. The minimum atomic E-state index is 0.229. The van der Waals surface area contributed by atoms with Crippen molar-refractivity contribution in [2.45, 2.75) is 25.8 Å². The smallest absolute Gasteiger partial charge is 0.0187 e. The maximum atomic E-state index is 2.34. The summed E-state index contributed by atoms with van der Waals surface area (Å²) < 4.78 is 1.30. The molecule has 0 unspecified atom stereocenters. The molecule has 0 radical (unpaired) electrons. The molecule has 0 aliphatic rings. The summed E-state index contributed by atoms with van der Waals surface area (Å²) in [6, 6.07) is 8.77. The van der Waals surface area contributed by atoms with Gasteiger partial charge < -0.3 is 4.90 Å². The van der Waals surface area contributed by atoms with Crippen LogP contribution in [-0.4, -0.2) is 24.5 Å². The summed E-state index contributed by atoms with van der Waals surface area (Å²) in [7, 11) is 4.26. The van der Waals surface area contributed by atoms with Crippen molar-refractivity contribution in [2.24, 2.45) is 0 Å². The van der Waals surface area contributed by atoms with E-state index in [-0.39, 0.29) is 5.54 Å². The van der Waals surface area contributed by atoms with E-state index in [2.05, 4.69) is 79.7 Å². The Morgan fingerprint density at radius 1 is 1.14 bits per heavy atom. The fraction of sp³-hybridized carbons (Fsp3) is 0.500. The first-order valence-corrected chi connectivity index (χ1v) is 5.91. The van der Waals surface area contributed by atoms with Gasteiger partial charge in [-0.1, -0.05) is 12.1 Å². The maximum absolute atomic E-state index is 2.34. The lowest BCUT2D eigenvalue weighted by atomic mass is 9.94. The van der Waals surface area contributed by atoms with Gasteiger partial charge in [-0.05, 0) is 74.7 Å². The zero-order valence-corrected chi connectivity index (χ0v) is 11.5. The van der Waals surface area contributed by atoms with Crippen LogP contribution >= 0.6 is 22.6 Å². The molecule has 0 spiro atoms. The van der Waals surface area contributed by atoms with E-state index in [1.54, 1.807) is 0 Å². The summed E-state index contributed by atoms with van der Waals surface area (Å²) >= 11 is 2.34. The van der Waals surface area contributed by atoms with Gasteiger partial charge in [0.25, 0.3) is 0 Å². The van der Waals surface area contributed by atoms with Gasteiger partial charge >= 0.3 is 0 Å². The number of likely N-dealkylation sites (N-methyl/N-ethyl adjacent to an activating group) is 1. The minimum absolute atomic E-state index is 0.229. The molecule has 1 aromatic rings. The Morgan fingerprint density at radius 3 is 2.07 bits per heavy atom. The first-order chi connectivity index (χ1) is 6.42. The molecule has 1 aromatic carbocycles. The average Bonchev–Trinajstić information content (AvgIpc) is 2.08. The third kappa shape index (κ3) is 3.24. The second kappa shape index (κ2) is 4.62. The van der Waals surface area contributed by atoms with E-state index in [9.17, 15) is 0 Å². The van der Waals surface area contributed by atoms with E-state index in [0.717, 1.165) is 6.42 Å². The summed E-state index contributed by atoms with van der Waals surface area (Å²) in [6.45, 7) is 4.54. The Hall–Kier alpha value is -0.0900. The SMILES string of the molecule is CN(C)C(C)(C)Cc1ccc(I)cc1. The highest BCUT2D eigenvalue weighted by Gasteiger charge is 2.20. The maximum Gasteiger partial charge on any atom is 0.0187 e. The van der Waals surface area contributed by atoms with Crippen LogP contribution in [0.5, 0.6) is 0 Å². The molecule has 0 saturated heterocycles. The Balaban J connectivity index is 2.74. The highest BCUT2D eigenvalue weighted by molar-refractivity contribution is 14.1. The van der Waals surface area contributed by atoms with Crippen LogP contribution in [0.25, 0.3) is 0 Å². The quantitative estimate of drug-likeness (QED) is 0.775. The van der Waals surface area contributed by atoms with E-state index in [0.29, 0.717) is 0 Å². The molecule has 0 saturated carbocycles. The number of nitrogens with zero attached hydrogens (tertiary/aromatic N) is 1. The largest absolute Gasteiger partial charge is 0.304 e. The van der Waals surface area contributed by atoms with Gasteiger partial charge in [0.05, 0.1) is 0 Å². The molecule has 78 valence electrons. The van der Waals surface area contributed by atoms with E-state index in [1.165, 1.54) is 9.13 Å². The molecule has 14 heavy (non-hydrogen) atoms. The lowest BCUT2D eigenvalue weighted by molar-refractivity contribution is 0.195. The number of benzene rings is 1. The van der Waals surface area contributed by atoms with Crippen molar-refractivity contribution in [2.75, 3.05) is 14.1 Å². The Labute approximate surface area is 101 Å². The number of hydrogen-bond acceptors (Lipinski definition) is 1. The fourth-order valence-corrected chi connectivity index (χ4v) is 1.62. The Bertz CT molecular complexity index is 288. The predicted octanol–water partition coefficient (Wildman–Crippen LogP) is 3.17. The molecule has 0 N–H and O–H groups in total. The third-order valence-corrected chi connectivity index (χ3v) is 3.48. The second-order valence-electron chi connectivity index (χ2n) is 4.51. The van der Waals surface area contributed by atoms with Crippen LogP contribution in [0.3, 0.4) is 0 Å². The molecule has 2 heteroatoms. The van der Waals surface area contributed by atoms with Crippen molar-refractivity contribution in [1.82, 2.24) is 4.90 Å². The van der Waals surface area contributed by atoms with E-state index >= 15 is 0 Å². The first kappa shape index (κ1) is 12.0. The van der Waals surface area contributed by atoms with Crippen molar-refractivity contribution in [1.29, 1.82) is 0 Å². The van der Waals surface area contributed by atoms with Gasteiger partial charge in [0.15, 0.2) is 0 Å². The molecule has 0 heterocycles. The molecule has 0 bridgehead atoms. The van der Waals surface area contributed by atoms with Crippen LogP contribution < -0.4 is 0 Å². The lowest BCUT2D eigenvalue weighted by Crippen LogP contribution is -2.40. The van der Waals surface area contributed by atoms with Crippen LogP contribution in [-0.2, 0) is 6.42 Å². The van der Waals surface area contributed by atoms with Gasteiger partial charge in [0.2, 0.25) is 0 Å². The topological polar surface area (TPSA) is 3.24 Å². The lowest BCUT2D eigenvalue weighted by Gasteiger charge is -2.32. The fourth-order valence-electron chi connectivity index (χ4n) is 1.26. The normalized spacial score (nSPS) is 12.1. The summed E-state index contributed by atoms with van der Waals surface area (Å²) in [5.74, 6) is 0. The van der Waals surface area contributed by atoms with Gasteiger partial charge in [0, 0.05) is 9.11 Å². The van der Waals surface area contributed by atoms with Gasteiger partial charge in [-0.25, -0.2) is 0 Å². The van der Waals surface area contributed by atoms with Gasteiger partial charge in [-0.3, -0.25) is 0 Å². The van der Waals surface area contributed by atoms with Crippen LogP contribution in [0, 0.1) is 3.57 Å². The van der Waals surface area contributed by atoms with Crippen molar-refractivity contribution >= 4 is 22.6 Å². The molecule has 0 aromatic heterocycles. The summed E-state index contributed by atoms with van der Waals surface area (Å²) in [5, 5.41) is 0. The molecule has 0 fully saturated rings. The highest BCUT2D eigenvalue weighted by atomic mass is 127. The summed E-state index contributed by atoms with van der Waals surface area (Å²) in [5.41, 5.74) is 1.64. The van der Waals surface area contributed by atoms with Crippen LogP contribution in [0.2, 0.25) is 0 Å². The van der Waals surface area contributed by atoms with Gasteiger partial charge in [-0.2, -0.15) is 0 Å². The van der Waals surface area contributed by atoms with Crippen LogP contribution in [0.1, 0.15) is 19.4 Å². The molecule has 0 amide bonds. The van der Waals surface area contributed by atoms with E-state index < -0.39 is 0 Å². The second-order valence-corrected chi connectivity index (χ2v) is 5.76. The number of halogens is 1. The number of hydrogen-bond donors (Lipinski definition) is 0. The standard InChI is InChI=1S/C12H18IN/c1-12(2,14(3)4)9-10-5-7-11(13)8-6-10/h5-8H,9H2,1-4H3. The third-order valence-electron chi connectivity index (χ3n) is 2.76. The molecular formula is C12H18IN. The molecule has 1 nitrogen and oxygen atoms in total. The number of rotatable bonds is 3. The first-order valence-electron chi connectivity index (χ1n) is 4.84. The summed E-state index contributed by atoms with van der Waals surface area (Å²) in [6.07, 6.45) is 1.09. The Kier molecular flexibility index (Phi) is 3.95. The predicted molar refractivity (Wildman–Crippen MR) is 70.6 cm³/mol. The highest BCUT2D eigenvalue weighted by Crippen LogP contribution is 2.18. The Morgan fingerprint density at radius 2 is 1.64 bits per heavy atom. The van der Waals surface area contributed by atoms with Crippen molar-refractivity contribution in [3.05, 3.63) is 33.4 Å².